The van der Waals surface area contributed by atoms with Crippen molar-refractivity contribution in [2.75, 3.05) is 40.8 Å². The summed E-state index contributed by atoms with van der Waals surface area (Å²) in [5.74, 6) is 0.519. The molecule has 0 bridgehead atoms. The molecule has 0 aliphatic heterocycles. The summed E-state index contributed by atoms with van der Waals surface area (Å²) < 4.78 is 42.4. The zero-order valence-electron chi connectivity index (χ0n) is 15.8. The van der Waals surface area contributed by atoms with E-state index in [4.69, 9.17) is 4.74 Å². The number of amides is 1. The Kier molecular flexibility index (Phi) is 11.1. The molecule has 1 N–H and O–H groups in total. The summed E-state index contributed by atoms with van der Waals surface area (Å²) in [5.41, 5.74) is 0.999. The number of alkyl halides is 3. The summed E-state index contributed by atoms with van der Waals surface area (Å²) in [6.07, 6.45) is -4.42. The fraction of sp³-hybridized carbons (Fsp3) is 0.529. The Hall–Kier alpha value is -1.72. The van der Waals surface area contributed by atoms with Crippen LogP contribution in [0.25, 0.3) is 0 Å². The Bertz CT molecular complexity index is 609. The largest absolute Gasteiger partial charge is 0.494 e. The number of nitrogens with one attached hydrogen (secondary N) is 1. The first-order valence-corrected chi connectivity index (χ1v) is 8.10. The van der Waals surface area contributed by atoms with Crippen LogP contribution in [0.1, 0.15) is 12.5 Å². The number of benzene rings is 1. The molecule has 1 amide bonds. The number of guanidine groups is 1. The lowest BCUT2D eigenvalue weighted by molar-refractivity contribution is -0.157. The molecular weight excluding hydrogens is 476 g/mol. The molecular formula is C17H26F3IN4O2. The van der Waals surface area contributed by atoms with Gasteiger partial charge in [-0.1, -0.05) is 12.1 Å². The monoisotopic (exact) mass is 502 g/mol. The Labute approximate surface area is 174 Å². The van der Waals surface area contributed by atoms with Gasteiger partial charge in [0.2, 0.25) is 5.91 Å². The maximum atomic E-state index is 12.3. The van der Waals surface area contributed by atoms with Crippen molar-refractivity contribution in [2.24, 2.45) is 4.99 Å². The van der Waals surface area contributed by atoms with Crippen molar-refractivity contribution in [1.82, 2.24) is 15.1 Å². The zero-order valence-corrected chi connectivity index (χ0v) is 18.2. The predicted octanol–water partition coefficient (Wildman–Crippen LogP) is 2.73. The van der Waals surface area contributed by atoms with E-state index >= 15 is 0 Å². The second-order valence-corrected chi connectivity index (χ2v) is 5.70. The molecule has 0 fully saturated rings. The van der Waals surface area contributed by atoms with E-state index in [0.29, 0.717) is 24.0 Å². The maximum Gasteiger partial charge on any atom is 0.406 e. The van der Waals surface area contributed by atoms with Gasteiger partial charge in [0, 0.05) is 27.7 Å². The van der Waals surface area contributed by atoms with Gasteiger partial charge in [0.25, 0.3) is 0 Å². The molecule has 0 saturated heterocycles. The van der Waals surface area contributed by atoms with Crippen molar-refractivity contribution in [3.05, 3.63) is 29.8 Å². The van der Waals surface area contributed by atoms with Crippen LogP contribution in [-0.4, -0.2) is 68.7 Å². The smallest absolute Gasteiger partial charge is 0.406 e. The standard InChI is InChI=1S/C17H25F3N4O2.HI/c1-5-26-14-8-6-13(7-9-14)11-23(3)16(21-2)22-10-15(25)24(4)12-17(18,19)20;/h6-9H,5,10-12H2,1-4H3,(H,21,22);1H. The van der Waals surface area contributed by atoms with Crippen molar-refractivity contribution >= 4 is 35.8 Å². The molecule has 0 atom stereocenters. The fourth-order valence-corrected chi connectivity index (χ4v) is 2.24. The molecule has 0 radical (unpaired) electrons. The predicted molar refractivity (Wildman–Crippen MR) is 110 cm³/mol. The van der Waals surface area contributed by atoms with E-state index in [1.165, 1.54) is 0 Å². The first-order valence-electron chi connectivity index (χ1n) is 8.10. The topological polar surface area (TPSA) is 57.2 Å². The summed E-state index contributed by atoms with van der Waals surface area (Å²) >= 11 is 0. The van der Waals surface area contributed by atoms with Crippen LogP contribution in [0.4, 0.5) is 13.2 Å². The second-order valence-electron chi connectivity index (χ2n) is 5.70. The summed E-state index contributed by atoms with van der Waals surface area (Å²) in [6.45, 7) is 1.46. The number of nitrogens with zero attached hydrogens (tertiary/aromatic N) is 3. The van der Waals surface area contributed by atoms with Crippen LogP contribution in [0.3, 0.4) is 0 Å². The molecule has 6 nitrogen and oxygen atoms in total. The molecule has 0 spiro atoms. The minimum atomic E-state index is -4.42. The highest BCUT2D eigenvalue weighted by atomic mass is 127. The van der Waals surface area contributed by atoms with Crippen LogP contribution in [0, 0.1) is 0 Å². The van der Waals surface area contributed by atoms with Crippen LogP contribution in [0.5, 0.6) is 5.75 Å². The van der Waals surface area contributed by atoms with Gasteiger partial charge in [-0.3, -0.25) is 9.79 Å². The number of aliphatic imine (C=N–C) groups is 1. The van der Waals surface area contributed by atoms with E-state index in [2.05, 4.69) is 10.3 Å². The SMILES string of the molecule is CCOc1ccc(CN(C)C(=NC)NCC(=O)N(C)CC(F)(F)F)cc1.I. The minimum Gasteiger partial charge on any atom is -0.494 e. The molecule has 1 aromatic rings. The molecule has 154 valence electrons. The first-order chi connectivity index (χ1) is 12.2. The third kappa shape index (κ3) is 9.68. The molecule has 0 unspecified atom stereocenters. The van der Waals surface area contributed by atoms with E-state index in [9.17, 15) is 18.0 Å². The second kappa shape index (κ2) is 11.9. The summed E-state index contributed by atoms with van der Waals surface area (Å²) in [4.78, 5) is 18.3. The van der Waals surface area contributed by atoms with Gasteiger partial charge >= 0.3 is 6.18 Å². The van der Waals surface area contributed by atoms with Gasteiger partial charge in [-0.2, -0.15) is 13.2 Å². The lowest BCUT2D eigenvalue weighted by Gasteiger charge is -2.24. The number of ether oxygens (including phenoxy) is 1. The Morgan fingerprint density at radius 3 is 2.26 bits per heavy atom. The third-order valence-corrected chi connectivity index (χ3v) is 3.47. The number of likely N-dealkylation sites (N-methyl/N-ethyl adjacent to an activating group) is 1. The fourth-order valence-electron chi connectivity index (χ4n) is 2.24. The average Bonchev–Trinajstić information content (AvgIpc) is 2.55. The average molecular weight is 502 g/mol. The highest BCUT2D eigenvalue weighted by Crippen LogP contribution is 2.15. The molecule has 1 rings (SSSR count). The van der Waals surface area contributed by atoms with E-state index in [-0.39, 0.29) is 30.5 Å². The van der Waals surface area contributed by atoms with Crippen LogP contribution in [-0.2, 0) is 11.3 Å². The lowest BCUT2D eigenvalue weighted by Crippen LogP contribution is -2.45. The molecule has 27 heavy (non-hydrogen) atoms. The number of rotatable bonds is 7. The van der Waals surface area contributed by atoms with Gasteiger partial charge in [-0.05, 0) is 24.6 Å². The van der Waals surface area contributed by atoms with E-state index in [0.717, 1.165) is 18.4 Å². The van der Waals surface area contributed by atoms with Crippen molar-refractivity contribution < 1.29 is 22.7 Å². The summed E-state index contributed by atoms with van der Waals surface area (Å²) in [6, 6.07) is 7.55. The molecule has 10 heteroatoms. The van der Waals surface area contributed by atoms with Gasteiger partial charge in [0.1, 0.15) is 12.3 Å². The van der Waals surface area contributed by atoms with Crippen LogP contribution >= 0.6 is 24.0 Å². The van der Waals surface area contributed by atoms with Crippen molar-refractivity contribution in [3.8, 4) is 5.75 Å². The van der Waals surface area contributed by atoms with E-state index < -0.39 is 18.6 Å². The van der Waals surface area contributed by atoms with E-state index in [1.54, 1.807) is 19.0 Å². The molecule has 0 aromatic heterocycles. The van der Waals surface area contributed by atoms with Crippen LogP contribution in [0.15, 0.2) is 29.3 Å². The lowest BCUT2D eigenvalue weighted by atomic mass is 10.2. The zero-order chi connectivity index (χ0) is 19.7. The van der Waals surface area contributed by atoms with Crippen molar-refractivity contribution in [1.29, 1.82) is 0 Å². The van der Waals surface area contributed by atoms with Crippen molar-refractivity contribution in [2.45, 2.75) is 19.6 Å². The number of hydrogen-bond acceptors (Lipinski definition) is 3. The molecule has 0 aliphatic carbocycles. The highest BCUT2D eigenvalue weighted by molar-refractivity contribution is 14.0. The maximum absolute atomic E-state index is 12.3. The van der Waals surface area contributed by atoms with Gasteiger partial charge in [-0.15, -0.1) is 24.0 Å². The number of carbonyl (C=O) groups excluding carboxylic acids is 1. The molecule has 0 heterocycles. The van der Waals surface area contributed by atoms with Crippen LogP contribution < -0.4 is 10.1 Å². The first kappa shape index (κ1) is 25.3. The molecule has 0 saturated carbocycles. The van der Waals surface area contributed by atoms with Gasteiger partial charge in [-0.25, -0.2) is 0 Å². The number of carbonyl (C=O) groups is 1. The van der Waals surface area contributed by atoms with Gasteiger partial charge in [0.05, 0.1) is 13.2 Å². The summed E-state index contributed by atoms with van der Waals surface area (Å²) in [7, 11) is 4.43. The molecule has 0 aliphatic rings. The summed E-state index contributed by atoms with van der Waals surface area (Å²) in [5, 5.41) is 2.78. The Morgan fingerprint density at radius 1 is 1.19 bits per heavy atom. The minimum absolute atomic E-state index is 0. The highest BCUT2D eigenvalue weighted by Gasteiger charge is 2.31. The quantitative estimate of drug-likeness (QED) is 0.354. The third-order valence-electron chi connectivity index (χ3n) is 3.47. The molecule has 1 aromatic carbocycles. The Morgan fingerprint density at radius 2 is 1.78 bits per heavy atom. The number of hydrogen-bond donors (Lipinski definition) is 1. The number of halogens is 4. The Balaban J connectivity index is 0.00000676. The van der Waals surface area contributed by atoms with Gasteiger partial charge < -0.3 is 19.9 Å². The normalized spacial score (nSPS) is 11.4. The van der Waals surface area contributed by atoms with E-state index in [1.807, 2.05) is 31.2 Å². The van der Waals surface area contributed by atoms with Crippen molar-refractivity contribution in [3.63, 3.8) is 0 Å². The van der Waals surface area contributed by atoms with Crippen LogP contribution in [0.2, 0.25) is 0 Å². The van der Waals surface area contributed by atoms with Gasteiger partial charge in [0.15, 0.2) is 5.96 Å².